The summed E-state index contributed by atoms with van der Waals surface area (Å²) in [5, 5.41) is 19.7. The maximum Gasteiger partial charge on any atom is 0.113 e. The van der Waals surface area contributed by atoms with Crippen molar-refractivity contribution in [1.82, 2.24) is 0 Å². The van der Waals surface area contributed by atoms with E-state index in [1.165, 1.54) is 101 Å². The Morgan fingerprint density at radius 2 is 1.07 bits per heavy atom. The number of ether oxygens (including phenoxy) is 1. The lowest BCUT2D eigenvalue weighted by molar-refractivity contribution is -0.00734. The molecule has 2 aliphatic rings. The molecule has 55 heavy (non-hydrogen) atoms. The van der Waals surface area contributed by atoms with E-state index in [4.69, 9.17) is 20.4 Å². The Balaban J connectivity index is 1.62. The minimum atomic E-state index is -0.607. The fourth-order valence-corrected chi connectivity index (χ4v) is 11.2. The van der Waals surface area contributed by atoms with Crippen LogP contribution < -0.4 is 10.9 Å². The molecule has 6 heteroatoms. The van der Waals surface area contributed by atoms with Crippen LogP contribution in [0.4, 0.5) is 0 Å². The predicted molar refractivity (Wildman–Crippen MR) is 238 cm³/mol. The number of aliphatic hydroxyl groups is 2. The molecular formula is C49H63B2O3P. The molecule has 5 unspecified atom stereocenters. The van der Waals surface area contributed by atoms with E-state index in [1.54, 1.807) is 0 Å². The molecule has 4 radical (unpaired) electrons. The van der Waals surface area contributed by atoms with Gasteiger partial charge >= 0.3 is 0 Å². The van der Waals surface area contributed by atoms with Crippen molar-refractivity contribution in [2.45, 2.75) is 134 Å². The van der Waals surface area contributed by atoms with Crippen molar-refractivity contribution < 1.29 is 14.9 Å². The topological polar surface area (TPSA) is 49.7 Å². The minimum absolute atomic E-state index is 0.00818. The third kappa shape index (κ3) is 7.70. The van der Waals surface area contributed by atoms with Crippen molar-refractivity contribution in [1.29, 1.82) is 0 Å². The van der Waals surface area contributed by atoms with Gasteiger partial charge in [0.25, 0.3) is 0 Å². The number of fused-ring (bicyclic) bond motifs is 10. The first kappa shape index (κ1) is 41.9. The minimum Gasteiger partial charge on any atom is -0.396 e. The van der Waals surface area contributed by atoms with Gasteiger partial charge in [0.1, 0.15) is 15.7 Å². The third-order valence-electron chi connectivity index (χ3n) is 13.6. The lowest BCUT2D eigenvalue weighted by Gasteiger charge is -2.39. The molecule has 0 heterocycles. The van der Waals surface area contributed by atoms with Crippen LogP contribution in [0.1, 0.15) is 139 Å². The van der Waals surface area contributed by atoms with Gasteiger partial charge in [-0.1, -0.05) is 170 Å². The summed E-state index contributed by atoms with van der Waals surface area (Å²) in [5.41, 5.74) is 13.6. The van der Waals surface area contributed by atoms with Gasteiger partial charge in [-0.2, -0.15) is 0 Å². The smallest absolute Gasteiger partial charge is 0.113 e. The first-order valence-electron chi connectivity index (χ1n) is 21.2. The number of aliphatic hydroxyl groups excluding tert-OH is 2. The van der Waals surface area contributed by atoms with Crippen LogP contribution >= 0.6 is 8.58 Å². The SMILES string of the molecule is [B]c1ccc2c(c1)C1(c3cc([B])ccc3-2)c2cc(C(C)(CCCCCC)C(C)OCCO)ccc2-c2ccc(C(C)(CCCCCC)C(C)PCCO)cc21. The zero-order chi connectivity index (χ0) is 39.4. The average molecular weight is 753 g/mol. The first-order valence-corrected chi connectivity index (χ1v) is 22.5. The van der Waals surface area contributed by atoms with Crippen molar-refractivity contribution in [3.63, 3.8) is 0 Å². The summed E-state index contributed by atoms with van der Waals surface area (Å²) in [4.78, 5) is 0. The van der Waals surface area contributed by atoms with Crippen molar-refractivity contribution in [3.8, 4) is 22.3 Å². The Hall–Kier alpha value is -2.68. The van der Waals surface area contributed by atoms with Crippen LogP contribution in [0.2, 0.25) is 0 Å². The normalized spacial score (nSPS) is 17.1. The highest BCUT2D eigenvalue weighted by molar-refractivity contribution is 7.39. The van der Waals surface area contributed by atoms with Gasteiger partial charge in [0.15, 0.2) is 0 Å². The monoisotopic (exact) mass is 752 g/mol. The number of benzene rings is 4. The van der Waals surface area contributed by atoms with Crippen molar-refractivity contribution in [3.05, 3.63) is 106 Å². The highest BCUT2D eigenvalue weighted by Crippen LogP contribution is 2.63. The van der Waals surface area contributed by atoms with Crippen molar-refractivity contribution in [2.24, 2.45) is 0 Å². The standard InChI is InChI=1S/C49H63B2O3P/c1-7-9-11-13-23-47(5,33(3)54-27-25-52)35-15-19-39-40-20-16-36(48(6,24-14-12-10-8-2)34(4)55-28-26-53)30-44(40)49(43(39)29-35)45-31-37(50)17-21-41(45)42-22-18-38(51)32-46(42)49/h15-22,29-34,52-53,55H,7-14,23-28H2,1-6H3. The maximum absolute atomic E-state index is 9.89. The molecule has 0 fully saturated rings. The molecule has 0 aliphatic heterocycles. The molecule has 0 saturated heterocycles. The van der Waals surface area contributed by atoms with Crippen LogP contribution in [-0.2, 0) is 21.0 Å². The average Bonchev–Trinajstić information content (AvgIpc) is 3.64. The lowest BCUT2D eigenvalue weighted by Crippen LogP contribution is -2.38. The quantitative estimate of drug-likeness (QED) is 0.0464. The molecule has 0 aromatic heterocycles. The van der Waals surface area contributed by atoms with E-state index in [-0.39, 0.29) is 30.1 Å². The molecule has 0 saturated carbocycles. The summed E-state index contributed by atoms with van der Waals surface area (Å²) >= 11 is 0. The largest absolute Gasteiger partial charge is 0.396 e. The summed E-state index contributed by atoms with van der Waals surface area (Å²) in [6, 6.07) is 27.5. The summed E-state index contributed by atoms with van der Waals surface area (Å²) in [7, 11) is 14.2. The molecule has 6 rings (SSSR count). The zero-order valence-corrected chi connectivity index (χ0v) is 35.4. The Bertz CT molecular complexity index is 1800. The molecule has 288 valence electrons. The predicted octanol–water partition coefficient (Wildman–Crippen LogP) is 9.53. The maximum atomic E-state index is 9.89. The van der Waals surface area contributed by atoms with Crippen LogP contribution in [-0.4, -0.2) is 63.7 Å². The molecule has 4 aromatic rings. The Kier molecular flexibility index (Phi) is 13.6. The third-order valence-corrected chi connectivity index (χ3v) is 15.4. The Morgan fingerprint density at radius 3 is 1.55 bits per heavy atom. The van der Waals surface area contributed by atoms with Gasteiger partial charge in [0, 0.05) is 12.0 Å². The molecular weight excluding hydrogens is 689 g/mol. The number of rotatable bonds is 20. The van der Waals surface area contributed by atoms with Crippen molar-refractivity contribution in [2.75, 3.05) is 26.0 Å². The van der Waals surface area contributed by atoms with E-state index in [1.807, 2.05) is 12.1 Å². The molecule has 4 aromatic carbocycles. The van der Waals surface area contributed by atoms with E-state index in [2.05, 4.69) is 102 Å². The van der Waals surface area contributed by atoms with Gasteiger partial charge in [-0.25, -0.2) is 0 Å². The van der Waals surface area contributed by atoms with Gasteiger partial charge in [-0.3, -0.25) is 0 Å². The van der Waals surface area contributed by atoms with Crippen LogP contribution in [0, 0.1) is 0 Å². The molecule has 5 atom stereocenters. The number of hydrogen-bond acceptors (Lipinski definition) is 3. The summed E-state index contributed by atoms with van der Waals surface area (Å²) in [6.45, 7) is 14.5. The van der Waals surface area contributed by atoms with Crippen LogP contribution in [0.5, 0.6) is 0 Å². The zero-order valence-electron chi connectivity index (χ0n) is 34.4. The van der Waals surface area contributed by atoms with Gasteiger partial charge < -0.3 is 14.9 Å². The second kappa shape index (κ2) is 17.9. The van der Waals surface area contributed by atoms with E-state index in [9.17, 15) is 10.2 Å². The Labute approximate surface area is 337 Å². The summed E-state index contributed by atoms with van der Waals surface area (Å²) in [5.74, 6) is 0. The van der Waals surface area contributed by atoms with Crippen LogP contribution in [0.25, 0.3) is 22.3 Å². The first-order chi connectivity index (χ1) is 26.5. The van der Waals surface area contributed by atoms with Crippen molar-refractivity contribution >= 4 is 35.2 Å². The molecule has 0 amide bonds. The van der Waals surface area contributed by atoms with Gasteiger partial charge in [0.2, 0.25) is 0 Å². The fraction of sp³-hybridized carbons (Fsp3) is 0.510. The van der Waals surface area contributed by atoms with Crippen LogP contribution in [0.3, 0.4) is 0 Å². The van der Waals surface area contributed by atoms with Crippen LogP contribution in [0.15, 0.2) is 72.8 Å². The molecule has 2 aliphatic carbocycles. The highest BCUT2D eigenvalue weighted by Gasteiger charge is 2.53. The summed E-state index contributed by atoms with van der Waals surface area (Å²) < 4.78 is 6.36. The fourth-order valence-electron chi connectivity index (χ4n) is 9.92. The second-order valence-corrected chi connectivity index (χ2v) is 18.7. The van der Waals surface area contributed by atoms with Gasteiger partial charge in [0.05, 0.1) is 24.7 Å². The number of hydrogen-bond donors (Lipinski definition) is 2. The number of unbranched alkanes of at least 4 members (excludes halogenated alkanes) is 6. The molecule has 3 nitrogen and oxygen atoms in total. The second-order valence-electron chi connectivity index (χ2n) is 17.0. The van der Waals surface area contributed by atoms with E-state index in [0.29, 0.717) is 20.8 Å². The highest BCUT2D eigenvalue weighted by atomic mass is 31.1. The Morgan fingerprint density at radius 1 is 0.618 bits per heavy atom. The van der Waals surface area contributed by atoms with E-state index >= 15 is 0 Å². The molecule has 1 spiro atoms. The van der Waals surface area contributed by atoms with E-state index in [0.717, 1.165) is 36.3 Å². The van der Waals surface area contributed by atoms with E-state index < -0.39 is 5.41 Å². The van der Waals surface area contributed by atoms with Gasteiger partial charge in [-0.05, 0) is 92.6 Å². The molecule has 2 N–H and O–H groups in total. The summed E-state index contributed by atoms with van der Waals surface area (Å²) in [6.07, 6.45) is 12.5. The lowest BCUT2D eigenvalue weighted by atomic mass is 9.66. The molecule has 0 bridgehead atoms. The van der Waals surface area contributed by atoms with Gasteiger partial charge in [-0.15, -0.1) is 8.58 Å².